The van der Waals surface area contributed by atoms with E-state index in [1.165, 1.54) is 44.1 Å². The summed E-state index contributed by atoms with van der Waals surface area (Å²) in [5.74, 6) is 0. The summed E-state index contributed by atoms with van der Waals surface area (Å²) >= 11 is 0. The lowest BCUT2D eigenvalue weighted by Crippen LogP contribution is -1.95. The second-order valence-corrected chi connectivity index (χ2v) is 6.41. The molecule has 0 atom stereocenters. The van der Waals surface area contributed by atoms with Crippen LogP contribution in [-0.2, 0) is 6.42 Å². The molecule has 120 valence electrons. The fraction of sp³-hybridized carbons (Fsp3) is 0.381. The molecule has 1 aromatic heterocycles. The van der Waals surface area contributed by atoms with Gasteiger partial charge in [-0.2, -0.15) is 0 Å². The van der Waals surface area contributed by atoms with Gasteiger partial charge in [-0.05, 0) is 36.6 Å². The molecule has 0 aliphatic carbocycles. The molecule has 0 radical (unpaired) electrons. The summed E-state index contributed by atoms with van der Waals surface area (Å²) in [7, 11) is 0. The van der Waals surface area contributed by atoms with E-state index in [2.05, 4.69) is 31.2 Å². The van der Waals surface area contributed by atoms with Crippen molar-refractivity contribution in [1.82, 2.24) is 4.98 Å². The van der Waals surface area contributed by atoms with E-state index in [9.17, 15) is 0 Å². The number of nitrogen functional groups attached to an aromatic ring is 1. The molecule has 2 heteroatoms. The van der Waals surface area contributed by atoms with Crippen molar-refractivity contribution in [2.24, 2.45) is 0 Å². The molecule has 0 fully saturated rings. The van der Waals surface area contributed by atoms with Crippen molar-refractivity contribution < 1.29 is 0 Å². The average Bonchev–Trinajstić information content (AvgIpc) is 2.58. The minimum absolute atomic E-state index is 0.824. The summed E-state index contributed by atoms with van der Waals surface area (Å²) in [4.78, 5) is 4.89. The van der Waals surface area contributed by atoms with Gasteiger partial charge in [0.2, 0.25) is 0 Å². The second-order valence-electron chi connectivity index (χ2n) is 6.41. The number of anilines is 1. The molecule has 0 spiro atoms. The van der Waals surface area contributed by atoms with Crippen LogP contribution in [0.3, 0.4) is 0 Å². The van der Waals surface area contributed by atoms with Crippen LogP contribution in [0.15, 0.2) is 42.5 Å². The smallest absolute Gasteiger partial charge is 0.0762 e. The van der Waals surface area contributed by atoms with Crippen LogP contribution < -0.4 is 5.73 Å². The summed E-state index contributed by atoms with van der Waals surface area (Å²) in [6, 6.07) is 14.6. The fourth-order valence-corrected chi connectivity index (χ4v) is 3.24. The highest BCUT2D eigenvalue weighted by atomic mass is 14.7. The molecule has 1 heterocycles. The summed E-state index contributed by atoms with van der Waals surface area (Å²) in [6.07, 6.45) is 9.00. The molecule has 0 bridgehead atoms. The number of hydrogen-bond donors (Lipinski definition) is 1. The quantitative estimate of drug-likeness (QED) is 0.336. The van der Waals surface area contributed by atoms with Crippen molar-refractivity contribution in [2.75, 3.05) is 5.73 Å². The molecule has 0 unspecified atom stereocenters. The van der Waals surface area contributed by atoms with E-state index in [0.717, 1.165) is 33.9 Å². The van der Waals surface area contributed by atoms with Crippen molar-refractivity contribution in [3.63, 3.8) is 0 Å². The first-order valence-electron chi connectivity index (χ1n) is 8.86. The molecule has 0 aliphatic heterocycles. The standard InChI is InChI=1S/C21H26N2/c1-2-3-4-5-6-7-10-16-13-14-19(22)18-15-17-11-8-9-12-20(17)23-21(16)18/h8-9,11-15H,2-7,10,22H2,1H3. The summed E-state index contributed by atoms with van der Waals surface area (Å²) < 4.78 is 0. The largest absolute Gasteiger partial charge is 0.398 e. The number of fused-ring (bicyclic) bond motifs is 2. The number of hydrogen-bond acceptors (Lipinski definition) is 2. The van der Waals surface area contributed by atoms with E-state index in [-0.39, 0.29) is 0 Å². The van der Waals surface area contributed by atoms with Gasteiger partial charge < -0.3 is 5.73 Å². The number of nitrogens with zero attached hydrogens (tertiary/aromatic N) is 1. The number of pyridine rings is 1. The molecule has 0 aliphatic rings. The molecule has 2 N–H and O–H groups in total. The van der Waals surface area contributed by atoms with E-state index in [0.29, 0.717) is 0 Å². The highest BCUT2D eigenvalue weighted by molar-refractivity contribution is 6.00. The van der Waals surface area contributed by atoms with Crippen LogP contribution >= 0.6 is 0 Å². The summed E-state index contributed by atoms with van der Waals surface area (Å²) in [5.41, 5.74) is 10.5. The highest BCUT2D eigenvalue weighted by Crippen LogP contribution is 2.28. The number of nitrogens with two attached hydrogens (primary N) is 1. The summed E-state index contributed by atoms with van der Waals surface area (Å²) in [5, 5.41) is 2.25. The van der Waals surface area contributed by atoms with Gasteiger partial charge in [0.25, 0.3) is 0 Å². The van der Waals surface area contributed by atoms with Crippen LogP contribution in [0.25, 0.3) is 21.8 Å². The van der Waals surface area contributed by atoms with E-state index >= 15 is 0 Å². The number of unbranched alkanes of at least 4 members (excludes halogenated alkanes) is 5. The average molecular weight is 306 g/mol. The van der Waals surface area contributed by atoms with E-state index in [1.807, 2.05) is 18.2 Å². The Bertz CT molecular complexity index is 792. The van der Waals surface area contributed by atoms with E-state index in [4.69, 9.17) is 10.7 Å². The van der Waals surface area contributed by atoms with Crippen LogP contribution in [-0.4, -0.2) is 4.98 Å². The number of aryl methyl sites for hydroxylation is 1. The molecule has 2 aromatic carbocycles. The predicted octanol–water partition coefficient (Wildman–Crippen LogP) is 5.87. The molecule has 23 heavy (non-hydrogen) atoms. The maximum Gasteiger partial charge on any atom is 0.0762 e. The van der Waals surface area contributed by atoms with Crippen LogP contribution in [0, 0.1) is 0 Å². The van der Waals surface area contributed by atoms with Gasteiger partial charge in [-0.3, -0.25) is 0 Å². The SMILES string of the molecule is CCCCCCCCc1ccc(N)c2cc3ccccc3nc12. The Hall–Kier alpha value is -2.09. The van der Waals surface area contributed by atoms with Crippen LogP contribution in [0.5, 0.6) is 0 Å². The molecular weight excluding hydrogens is 280 g/mol. The van der Waals surface area contributed by atoms with Gasteiger partial charge in [0.05, 0.1) is 11.0 Å². The predicted molar refractivity (Wildman–Crippen MR) is 101 cm³/mol. The molecule has 0 amide bonds. The van der Waals surface area contributed by atoms with Crippen molar-refractivity contribution in [3.8, 4) is 0 Å². The molecule has 3 rings (SSSR count). The normalized spacial score (nSPS) is 11.3. The van der Waals surface area contributed by atoms with Crippen molar-refractivity contribution in [1.29, 1.82) is 0 Å². The van der Waals surface area contributed by atoms with Gasteiger partial charge in [-0.25, -0.2) is 4.98 Å². The highest BCUT2D eigenvalue weighted by Gasteiger charge is 2.07. The first-order valence-corrected chi connectivity index (χ1v) is 8.86. The topological polar surface area (TPSA) is 38.9 Å². The Morgan fingerprint density at radius 3 is 2.57 bits per heavy atom. The maximum absolute atomic E-state index is 6.19. The van der Waals surface area contributed by atoms with Crippen LogP contribution in [0.1, 0.15) is 51.0 Å². The Labute approximate surface area is 138 Å². The van der Waals surface area contributed by atoms with Gasteiger partial charge in [0.15, 0.2) is 0 Å². The first kappa shape index (κ1) is 15.8. The maximum atomic E-state index is 6.19. The van der Waals surface area contributed by atoms with Gasteiger partial charge in [-0.1, -0.05) is 63.3 Å². The number of rotatable bonds is 7. The lowest BCUT2D eigenvalue weighted by atomic mass is 10.0. The monoisotopic (exact) mass is 306 g/mol. The van der Waals surface area contributed by atoms with E-state index < -0.39 is 0 Å². The minimum atomic E-state index is 0.824. The van der Waals surface area contributed by atoms with E-state index in [1.54, 1.807) is 0 Å². The summed E-state index contributed by atoms with van der Waals surface area (Å²) in [6.45, 7) is 2.26. The molecule has 2 nitrogen and oxygen atoms in total. The number of para-hydroxylation sites is 1. The molecule has 3 aromatic rings. The first-order chi connectivity index (χ1) is 11.3. The van der Waals surface area contributed by atoms with Gasteiger partial charge in [-0.15, -0.1) is 0 Å². The zero-order valence-corrected chi connectivity index (χ0v) is 14.0. The minimum Gasteiger partial charge on any atom is -0.398 e. The third-order valence-corrected chi connectivity index (χ3v) is 4.60. The van der Waals surface area contributed by atoms with Gasteiger partial charge >= 0.3 is 0 Å². The molecule has 0 saturated carbocycles. The number of aromatic nitrogens is 1. The van der Waals surface area contributed by atoms with Crippen LogP contribution in [0.2, 0.25) is 0 Å². The van der Waals surface area contributed by atoms with Gasteiger partial charge in [0.1, 0.15) is 0 Å². The Balaban J connectivity index is 1.82. The zero-order valence-electron chi connectivity index (χ0n) is 14.0. The zero-order chi connectivity index (χ0) is 16.1. The third kappa shape index (κ3) is 3.64. The van der Waals surface area contributed by atoms with Crippen LogP contribution in [0.4, 0.5) is 5.69 Å². The molecular formula is C21H26N2. The van der Waals surface area contributed by atoms with Crippen molar-refractivity contribution in [3.05, 3.63) is 48.0 Å². The van der Waals surface area contributed by atoms with Gasteiger partial charge in [0, 0.05) is 16.5 Å². The van der Waals surface area contributed by atoms with Crippen molar-refractivity contribution >= 4 is 27.5 Å². The second kappa shape index (κ2) is 7.45. The Morgan fingerprint density at radius 2 is 1.70 bits per heavy atom. The Kier molecular flexibility index (Phi) is 5.12. The fourth-order valence-electron chi connectivity index (χ4n) is 3.24. The van der Waals surface area contributed by atoms with Crippen molar-refractivity contribution in [2.45, 2.75) is 51.9 Å². The lowest BCUT2D eigenvalue weighted by molar-refractivity contribution is 0.608. The molecule has 0 saturated heterocycles. The number of benzene rings is 2. The Morgan fingerprint density at radius 1 is 0.913 bits per heavy atom. The third-order valence-electron chi connectivity index (χ3n) is 4.60. The lowest BCUT2D eigenvalue weighted by Gasteiger charge is -2.10.